The van der Waals surface area contributed by atoms with Crippen LogP contribution in [0.2, 0.25) is 0 Å². The van der Waals surface area contributed by atoms with Crippen LogP contribution in [-0.2, 0) is 6.54 Å². The maximum absolute atomic E-state index is 4.08. The van der Waals surface area contributed by atoms with Gasteiger partial charge in [0.05, 0.1) is 6.33 Å². The summed E-state index contributed by atoms with van der Waals surface area (Å²) in [5.41, 5.74) is 1.26. The van der Waals surface area contributed by atoms with E-state index in [1.165, 1.54) is 5.69 Å². The molecule has 3 heteroatoms. The zero-order valence-electron chi connectivity index (χ0n) is 6.75. The van der Waals surface area contributed by atoms with Gasteiger partial charge in [-0.05, 0) is 6.92 Å². The van der Waals surface area contributed by atoms with E-state index in [0.717, 1.165) is 25.6 Å². The molecule has 0 aliphatic carbocycles. The van der Waals surface area contributed by atoms with Gasteiger partial charge in [0.15, 0.2) is 0 Å². The van der Waals surface area contributed by atoms with E-state index in [0.29, 0.717) is 0 Å². The average Bonchev–Trinajstić information content (AvgIpc) is 2.27. The van der Waals surface area contributed by atoms with Crippen molar-refractivity contribution in [2.24, 2.45) is 5.92 Å². The van der Waals surface area contributed by atoms with Gasteiger partial charge in [-0.3, -0.25) is 0 Å². The van der Waals surface area contributed by atoms with E-state index in [2.05, 4.69) is 21.8 Å². The quantitative estimate of drug-likeness (QED) is 0.663. The highest BCUT2D eigenvalue weighted by Crippen LogP contribution is 2.08. The maximum Gasteiger partial charge on any atom is 0.0948 e. The maximum atomic E-state index is 4.08. The molecule has 1 saturated heterocycles. The zero-order valence-corrected chi connectivity index (χ0v) is 6.75. The van der Waals surface area contributed by atoms with Crippen LogP contribution in [0.15, 0.2) is 12.5 Å². The normalized spacial score (nSPS) is 18.3. The molecule has 0 atom stereocenters. The SMILES string of the molecule is Cc1cncn1CC1CNC1. The summed E-state index contributed by atoms with van der Waals surface area (Å²) in [6, 6.07) is 0. The number of nitrogens with one attached hydrogen (secondary N) is 1. The van der Waals surface area contributed by atoms with Crippen molar-refractivity contribution in [3.63, 3.8) is 0 Å². The average molecular weight is 151 g/mol. The Kier molecular flexibility index (Phi) is 1.66. The topological polar surface area (TPSA) is 29.9 Å². The van der Waals surface area contributed by atoms with Gasteiger partial charge >= 0.3 is 0 Å². The highest BCUT2D eigenvalue weighted by Gasteiger charge is 2.16. The third-order valence-corrected chi connectivity index (χ3v) is 2.24. The van der Waals surface area contributed by atoms with E-state index in [1.807, 2.05) is 12.5 Å². The lowest BCUT2D eigenvalue weighted by molar-refractivity contribution is 0.305. The molecule has 2 heterocycles. The Morgan fingerprint density at radius 1 is 1.73 bits per heavy atom. The molecule has 2 rings (SSSR count). The van der Waals surface area contributed by atoms with Gasteiger partial charge in [-0.15, -0.1) is 0 Å². The minimum Gasteiger partial charge on any atom is -0.335 e. The second-order valence-corrected chi connectivity index (χ2v) is 3.21. The number of hydrogen-bond donors (Lipinski definition) is 1. The standard InChI is InChI=1S/C8H13N3/c1-7-2-10-6-11(7)5-8-3-9-4-8/h2,6,8-9H,3-5H2,1H3. The number of rotatable bonds is 2. The first-order valence-electron chi connectivity index (χ1n) is 4.03. The van der Waals surface area contributed by atoms with Gasteiger partial charge in [0.2, 0.25) is 0 Å². The van der Waals surface area contributed by atoms with Crippen LogP contribution in [0.4, 0.5) is 0 Å². The molecule has 0 unspecified atom stereocenters. The third kappa shape index (κ3) is 1.28. The fourth-order valence-corrected chi connectivity index (χ4v) is 1.33. The molecule has 1 aromatic rings. The molecule has 0 aromatic carbocycles. The molecule has 0 amide bonds. The highest BCUT2D eigenvalue weighted by molar-refractivity contribution is 4.95. The van der Waals surface area contributed by atoms with Crippen molar-refractivity contribution in [3.05, 3.63) is 18.2 Å². The molecule has 1 fully saturated rings. The molecule has 3 nitrogen and oxygen atoms in total. The summed E-state index contributed by atoms with van der Waals surface area (Å²) in [5, 5.41) is 3.26. The van der Waals surface area contributed by atoms with Crippen molar-refractivity contribution < 1.29 is 0 Å². The lowest BCUT2D eigenvalue weighted by Crippen LogP contribution is -2.44. The van der Waals surface area contributed by atoms with Crippen molar-refractivity contribution in [1.29, 1.82) is 0 Å². The zero-order chi connectivity index (χ0) is 7.68. The number of nitrogens with zero attached hydrogens (tertiary/aromatic N) is 2. The first-order valence-corrected chi connectivity index (χ1v) is 4.03. The Bertz CT molecular complexity index is 237. The fourth-order valence-electron chi connectivity index (χ4n) is 1.33. The Balaban J connectivity index is 1.99. The number of aromatic nitrogens is 2. The van der Waals surface area contributed by atoms with Gasteiger partial charge in [0.1, 0.15) is 0 Å². The van der Waals surface area contributed by atoms with E-state index < -0.39 is 0 Å². The second kappa shape index (κ2) is 2.66. The van der Waals surface area contributed by atoms with E-state index >= 15 is 0 Å². The summed E-state index contributed by atoms with van der Waals surface area (Å²) < 4.78 is 2.21. The van der Waals surface area contributed by atoms with Crippen LogP contribution in [0.3, 0.4) is 0 Å². The lowest BCUT2D eigenvalue weighted by atomic mass is 10.0. The van der Waals surface area contributed by atoms with Crippen LogP contribution in [0, 0.1) is 12.8 Å². The van der Waals surface area contributed by atoms with Crippen LogP contribution in [0.1, 0.15) is 5.69 Å². The Hall–Kier alpha value is -0.830. The molecule has 0 radical (unpaired) electrons. The summed E-state index contributed by atoms with van der Waals surface area (Å²) in [6.45, 7) is 5.55. The monoisotopic (exact) mass is 151 g/mol. The van der Waals surface area contributed by atoms with Crippen LogP contribution >= 0.6 is 0 Å². The Morgan fingerprint density at radius 2 is 2.55 bits per heavy atom. The summed E-state index contributed by atoms with van der Waals surface area (Å²) in [4.78, 5) is 4.08. The van der Waals surface area contributed by atoms with Crippen molar-refractivity contribution in [2.45, 2.75) is 13.5 Å². The molecule has 1 aliphatic heterocycles. The Labute approximate surface area is 66.4 Å². The van der Waals surface area contributed by atoms with Gasteiger partial charge in [-0.1, -0.05) is 0 Å². The summed E-state index contributed by atoms with van der Waals surface area (Å²) in [5.74, 6) is 0.822. The summed E-state index contributed by atoms with van der Waals surface area (Å²) in [7, 11) is 0. The van der Waals surface area contributed by atoms with Crippen molar-refractivity contribution in [1.82, 2.24) is 14.9 Å². The lowest BCUT2D eigenvalue weighted by Gasteiger charge is -2.27. The Morgan fingerprint density at radius 3 is 3.00 bits per heavy atom. The minimum atomic E-state index is 0.822. The van der Waals surface area contributed by atoms with Gasteiger partial charge in [-0.2, -0.15) is 0 Å². The molecule has 0 spiro atoms. The van der Waals surface area contributed by atoms with Gasteiger partial charge in [-0.25, -0.2) is 4.98 Å². The van der Waals surface area contributed by atoms with E-state index in [9.17, 15) is 0 Å². The van der Waals surface area contributed by atoms with Crippen LogP contribution in [0.25, 0.3) is 0 Å². The van der Waals surface area contributed by atoms with Crippen LogP contribution < -0.4 is 5.32 Å². The second-order valence-electron chi connectivity index (χ2n) is 3.21. The molecule has 1 aliphatic rings. The number of hydrogen-bond acceptors (Lipinski definition) is 2. The van der Waals surface area contributed by atoms with Crippen molar-refractivity contribution >= 4 is 0 Å². The van der Waals surface area contributed by atoms with Crippen molar-refractivity contribution in [2.75, 3.05) is 13.1 Å². The highest BCUT2D eigenvalue weighted by atomic mass is 15.1. The van der Waals surface area contributed by atoms with Gasteiger partial charge in [0.25, 0.3) is 0 Å². The summed E-state index contributed by atoms with van der Waals surface area (Å²) >= 11 is 0. The van der Waals surface area contributed by atoms with E-state index in [4.69, 9.17) is 0 Å². The molecule has 1 N–H and O–H groups in total. The first kappa shape index (κ1) is 6.85. The van der Waals surface area contributed by atoms with Gasteiger partial charge in [0, 0.05) is 37.4 Å². The fraction of sp³-hybridized carbons (Fsp3) is 0.625. The predicted molar refractivity (Wildman–Crippen MR) is 43.3 cm³/mol. The van der Waals surface area contributed by atoms with Crippen LogP contribution in [-0.4, -0.2) is 22.6 Å². The predicted octanol–water partition coefficient (Wildman–Crippen LogP) is 0.411. The van der Waals surface area contributed by atoms with Crippen molar-refractivity contribution in [3.8, 4) is 0 Å². The number of imidazole rings is 1. The molecule has 0 bridgehead atoms. The summed E-state index contributed by atoms with van der Waals surface area (Å²) in [6.07, 6.45) is 3.82. The molecule has 0 saturated carbocycles. The molecular formula is C8H13N3. The smallest absolute Gasteiger partial charge is 0.0948 e. The number of aryl methyl sites for hydroxylation is 1. The van der Waals surface area contributed by atoms with Gasteiger partial charge < -0.3 is 9.88 Å². The van der Waals surface area contributed by atoms with E-state index in [-0.39, 0.29) is 0 Å². The minimum absolute atomic E-state index is 0.822. The van der Waals surface area contributed by atoms with Crippen LogP contribution in [0.5, 0.6) is 0 Å². The molecular weight excluding hydrogens is 138 g/mol. The van der Waals surface area contributed by atoms with E-state index in [1.54, 1.807) is 0 Å². The molecule has 60 valence electrons. The third-order valence-electron chi connectivity index (χ3n) is 2.24. The molecule has 1 aromatic heterocycles. The first-order chi connectivity index (χ1) is 5.36. The molecule has 11 heavy (non-hydrogen) atoms. The largest absolute Gasteiger partial charge is 0.335 e.